The summed E-state index contributed by atoms with van der Waals surface area (Å²) in [6.45, 7) is 1.88. The molecule has 0 N–H and O–H groups in total. The highest BCUT2D eigenvalue weighted by Crippen LogP contribution is 2.22. The normalized spacial score (nSPS) is 11.0. The van der Waals surface area contributed by atoms with Gasteiger partial charge in [0.2, 0.25) is 0 Å². The Morgan fingerprint density at radius 1 is 1.19 bits per heavy atom. The maximum Gasteiger partial charge on any atom is 0.191 e. The molecule has 0 fully saturated rings. The minimum Gasteiger partial charge on any atom is -0.293 e. The Morgan fingerprint density at radius 3 is 2.67 bits per heavy atom. The topological polar surface area (TPSA) is 52.0 Å². The first-order chi connectivity index (χ1) is 10.1. The van der Waals surface area contributed by atoms with Crippen LogP contribution in [0.2, 0.25) is 0 Å². The van der Waals surface area contributed by atoms with Crippen molar-refractivity contribution in [2.45, 2.75) is 13.3 Å². The number of ketones is 2. The van der Waals surface area contributed by atoms with Gasteiger partial charge in [0.15, 0.2) is 11.6 Å². The molecule has 0 spiro atoms. The molecule has 0 aliphatic rings. The van der Waals surface area contributed by atoms with Crippen molar-refractivity contribution in [2.24, 2.45) is 7.05 Å². The van der Waals surface area contributed by atoms with Crippen LogP contribution in [-0.2, 0) is 7.05 Å². The number of carbonyl (C=O) groups excluding carboxylic acids is 2. The SMILES string of the molecule is Cc1ccsc1C(=O)CC(=O)c1nn(C)c2ccccc12. The van der Waals surface area contributed by atoms with Gasteiger partial charge < -0.3 is 0 Å². The van der Waals surface area contributed by atoms with E-state index in [1.54, 1.807) is 11.7 Å². The number of rotatable bonds is 4. The summed E-state index contributed by atoms with van der Waals surface area (Å²) in [5.74, 6) is -0.369. The molecule has 3 aromatic rings. The third kappa shape index (κ3) is 2.40. The molecule has 0 bridgehead atoms. The number of thiophene rings is 1. The van der Waals surface area contributed by atoms with Gasteiger partial charge in [-0.3, -0.25) is 14.3 Å². The number of benzene rings is 1. The fraction of sp³-hybridized carbons (Fsp3) is 0.188. The van der Waals surface area contributed by atoms with Crippen LogP contribution < -0.4 is 0 Å². The minimum absolute atomic E-state index is 0.137. The molecular weight excluding hydrogens is 284 g/mol. The van der Waals surface area contributed by atoms with Crippen LogP contribution in [0.1, 0.15) is 32.1 Å². The van der Waals surface area contributed by atoms with Gasteiger partial charge in [0.05, 0.1) is 16.8 Å². The summed E-state index contributed by atoms with van der Waals surface area (Å²) in [6, 6.07) is 9.42. The summed E-state index contributed by atoms with van der Waals surface area (Å²) in [5, 5.41) is 6.92. The summed E-state index contributed by atoms with van der Waals surface area (Å²) >= 11 is 1.38. The first-order valence-electron chi connectivity index (χ1n) is 6.60. The zero-order valence-electron chi connectivity index (χ0n) is 11.8. The maximum atomic E-state index is 12.4. The molecule has 0 atom stereocenters. The molecule has 21 heavy (non-hydrogen) atoms. The average Bonchev–Trinajstić information content (AvgIpc) is 3.03. The first kappa shape index (κ1) is 13.7. The second kappa shape index (κ2) is 5.26. The molecule has 0 aliphatic carbocycles. The average molecular weight is 298 g/mol. The molecule has 2 aromatic heterocycles. The van der Waals surface area contributed by atoms with E-state index in [0.29, 0.717) is 10.6 Å². The summed E-state index contributed by atoms with van der Waals surface area (Å²) in [6.07, 6.45) is -0.137. The Bertz CT molecular complexity index is 845. The van der Waals surface area contributed by atoms with Crippen molar-refractivity contribution < 1.29 is 9.59 Å². The van der Waals surface area contributed by atoms with Crippen molar-refractivity contribution in [3.05, 3.63) is 51.8 Å². The van der Waals surface area contributed by atoms with Crippen LogP contribution in [0.3, 0.4) is 0 Å². The van der Waals surface area contributed by atoms with Crippen LogP contribution in [-0.4, -0.2) is 21.3 Å². The van der Waals surface area contributed by atoms with E-state index in [1.807, 2.05) is 42.6 Å². The molecule has 5 heteroatoms. The largest absolute Gasteiger partial charge is 0.293 e. The monoisotopic (exact) mass is 298 g/mol. The Balaban J connectivity index is 1.91. The van der Waals surface area contributed by atoms with Crippen LogP contribution in [0.25, 0.3) is 10.9 Å². The van der Waals surface area contributed by atoms with Crippen molar-refractivity contribution in [3.8, 4) is 0 Å². The van der Waals surface area contributed by atoms with Crippen molar-refractivity contribution >= 4 is 33.8 Å². The zero-order valence-corrected chi connectivity index (χ0v) is 12.6. The molecule has 0 amide bonds. The predicted molar refractivity (Wildman–Crippen MR) is 83.0 cm³/mol. The third-order valence-corrected chi connectivity index (χ3v) is 4.52. The Kier molecular flexibility index (Phi) is 3.43. The van der Waals surface area contributed by atoms with Gasteiger partial charge >= 0.3 is 0 Å². The molecule has 3 rings (SSSR count). The Labute approximate surface area is 126 Å². The summed E-state index contributed by atoms with van der Waals surface area (Å²) < 4.78 is 1.67. The molecule has 0 aliphatic heterocycles. The highest BCUT2D eigenvalue weighted by Gasteiger charge is 2.20. The van der Waals surface area contributed by atoms with Gasteiger partial charge in [0, 0.05) is 12.4 Å². The lowest BCUT2D eigenvalue weighted by molar-refractivity contribution is 0.0894. The number of Topliss-reactive ketones (excluding diaryl/α,β-unsaturated/α-hetero) is 2. The predicted octanol–water partition coefficient (Wildman–Crippen LogP) is 3.40. The van der Waals surface area contributed by atoms with Gasteiger partial charge in [-0.05, 0) is 30.0 Å². The van der Waals surface area contributed by atoms with Crippen LogP contribution in [0.4, 0.5) is 0 Å². The van der Waals surface area contributed by atoms with Crippen molar-refractivity contribution in [1.29, 1.82) is 0 Å². The number of para-hydroxylation sites is 1. The fourth-order valence-corrected chi connectivity index (χ4v) is 3.25. The van der Waals surface area contributed by atoms with E-state index in [-0.39, 0.29) is 18.0 Å². The van der Waals surface area contributed by atoms with E-state index in [4.69, 9.17) is 0 Å². The number of nitrogens with zero attached hydrogens (tertiary/aromatic N) is 2. The van der Waals surface area contributed by atoms with Gasteiger partial charge in [0.25, 0.3) is 0 Å². The number of hydrogen-bond donors (Lipinski definition) is 0. The van der Waals surface area contributed by atoms with Crippen LogP contribution in [0, 0.1) is 6.92 Å². The van der Waals surface area contributed by atoms with E-state index in [2.05, 4.69) is 5.10 Å². The molecule has 106 valence electrons. The molecule has 0 unspecified atom stereocenters. The van der Waals surface area contributed by atoms with E-state index in [0.717, 1.165) is 16.5 Å². The van der Waals surface area contributed by atoms with Gasteiger partial charge in [0.1, 0.15) is 5.69 Å². The molecule has 0 saturated carbocycles. The lowest BCUT2D eigenvalue weighted by Crippen LogP contribution is -2.09. The summed E-state index contributed by atoms with van der Waals surface area (Å²) in [5.41, 5.74) is 2.18. The molecule has 1 aromatic carbocycles. The third-order valence-electron chi connectivity index (χ3n) is 3.46. The van der Waals surface area contributed by atoms with Crippen molar-refractivity contribution in [2.75, 3.05) is 0 Å². The Hall–Kier alpha value is -2.27. The Morgan fingerprint density at radius 2 is 1.95 bits per heavy atom. The van der Waals surface area contributed by atoms with E-state index in [9.17, 15) is 9.59 Å². The highest BCUT2D eigenvalue weighted by atomic mass is 32.1. The number of carbonyl (C=O) groups is 2. The molecular formula is C16H14N2O2S. The smallest absolute Gasteiger partial charge is 0.191 e. The molecule has 4 nitrogen and oxygen atoms in total. The van der Waals surface area contributed by atoms with E-state index in [1.165, 1.54) is 11.3 Å². The van der Waals surface area contributed by atoms with Gasteiger partial charge in [-0.15, -0.1) is 11.3 Å². The minimum atomic E-state index is -0.232. The lowest BCUT2D eigenvalue weighted by Gasteiger charge is -1.98. The van der Waals surface area contributed by atoms with Crippen molar-refractivity contribution in [1.82, 2.24) is 9.78 Å². The van der Waals surface area contributed by atoms with Gasteiger partial charge in [-0.1, -0.05) is 18.2 Å². The zero-order chi connectivity index (χ0) is 15.0. The van der Waals surface area contributed by atoms with Gasteiger partial charge in [-0.2, -0.15) is 5.10 Å². The van der Waals surface area contributed by atoms with Crippen LogP contribution >= 0.6 is 11.3 Å². The standard InChI is InChI=1S/C16H14N2O2S/c1-10-7-8-21-16(10)14(20)9-13(19)15-11-5-3-4-6-12(11)18(2)17-15/h3-8H,9H2,1-2H3. The number of fused-ring (bicyclic) bond motifs is 1. The van der Waals surface area contributed by atoms with Gasteiger partial charge in [-0.25, -0.2) is 0 Å². The van der Waals surface area contributed by atoms with Crippen molar-refractivity contribution in [3.63, 3.8) is 0 Å². The maximum absolute atomic E-state index is 12.4. The molecule has 0 radical (unpaired) electrons. The highest BCUT2D eigenvalue weighted by molar-refractivity contribution is 7.12. The van der Waals surface area contributed by atoms with E-state index >= 15 is 0 Å². The molecule has 0 saturated heterocycles. The quantitative estimate of drug-likeness (QED) is 0.548. The summed E-state index contributed by atoms with van der Waals surface area (Å²) in [7, 11) is 1.80. The fourth-order valence-electron chi connectivity index (χ4n) is 2.39. The first-order valence-corrected chi connectivity index (χ1v) is 7.48. The second-order valence-corrected chi connectivity index (χ2v) is 5.86. The van der Waals surface area contributed by atoms with Crippen LogP contribution in [0.5, 0.6) is 0 Å². The number of aromatic nitrogens is 2. The number of aryl methyl sites for hydroxylation is 2. The summed E-state index contributed by atoms with van der Waals surface area (Å²) in [4.78, 5) is 25.3. The lowest BCUT2D eigenvalue weighted by atomic mass is 10.1. The van der Waals surface area contributed by atoms with E-state index < -0.39 is 0 Å². The van der Waals surface area contributed by atoms with Crippen LogP contribution in [0.15, 0.2) is 35.7 Å². The second-order valence-electron chi connectivity index (χ2n) is 4.95. The molecule has 2 heterocycles. The number of hydrogen-bond acceptors (Lipinski definition) is 4.